The van der Waals surface area contributed by atoms with Crippen LogP contribution in [0.4, 0.5) is 0 Å². The highest BCUT2D eigenvalue weighted by Crippen LogP contribution is 2.31. The maximum Gasteiger partial charge on any atom is 0.363 e. The Hall–Kier alpha value is -2.72. The third-order valence-electron chi connectivity index (χ3n) is 3.56. The first-order valence-electron chi connectivity index (χ1n) is 8.22. The molecule has 0 amide bonds. The predicted molar refractivity (Wildman–Crippen MR) is 114 cm³/mol. The summed E-state index contributed by atoms with van der Waals surface area (Å²) in [6, 6.07) is 9.75. The highest BCUT2D eigenvalue weighted by molar-refractivity contribution is 14.1. The first-order valence-corrected chi connectivity index (χ1v) is 9.67. The van der Waals surface area contributed by atoms with Crippen LogP contribution in [0.25, 0.3) is 6.08 Å². The maximum atomic E-state index is 12.2. The van der Waals surface area contributed by atoms with E-state index in [9.17, 15) is 14.4 Å². The van der Waals surface area contributed by atoms with Crippen LogP contribution in [0.3, 0.4) is 0 Å². The smallest absolute Gasteiger partial charge is 0.363 e. The second-order valence-electron chi connectivity index (χ2n) is 5.85. The highest BCUT2D eigenvalue weighted by Gasteiger charge is 2.26. The normalized spacial score (nSPS) is 14.4. The Morgan fingerprint density at radius 3 is 2.45 bits per heavy atom. The topological polar surface area (TPSA) is 91.3 Å². The van der Waals surface area contributed by atoms with Crippen molar-refractivity contribution in [1.82, 2.24) is 0 Å². The van der Waals surface area contributed by atoms with E-state index in [1.807, 2.05) is 6.07 Å². The summed E-state index contributed by atoms with van der Waals surface area (Å²) in [5.41, 5.74) is 1.04. The van der Waals surface area contributed by atoms with Gasteiger partial charge >= 0.3 is 17.9 Å². The lowest BCUT2D eigenvalue weighted by atomic mass is 10.1. The molecule has 1 heterocycles. The average molecular weight is 526 g/mol. The molecule has 0 saturated heterocycles. The minimum Gasteiger partial charge on any atom is -0.423 e. The summed E-state index contributed by atoms with van der Waals surface area (Å²) < 4.78 is 16.2. The number of benzene rings is 2. The molecule has 7 nitrogen and oxygen atoms in total. The summed E-state index contributed by atoms with van der Waals surface area (Å²) in [4.78, 5) is 39.0. The number of carbonyl (C=O) groups excluding carboxylic acids is 3. The van der Waals surface area contributed by atoms with Gasteiger partial charge in [-0.15, -0.1) is 0 Å². The van der Waals surface area contributed by atoms with Crippen molar-refractivity contribution in [2.75, 3.05) is 0 Å². The van der Waals surface area contributed by atoms with E-state index in [0.717, 1.165) is 3.57 Å². The van der Waals surface area contributed by atoms with E-state index in [-0.39, 0.29) is 23.1 Å². The van der Waals surface area contributed by atoms with Crippen molar-refractivity contribution in [2.45, 2.75) is 13.8 Å². The molecule has 0 atom stereocenters. The number of carbonyl (C=O) groups is 3. The van der Waals surface area contributed by atoms with Crippen molar-refractivity contribution in [3.05, 3.63) is 61.8 Å². The SMILES string of the molecule is CC(=O)Oc1ccc(/C=C2/N=C(c3cc(I)ccc3Cl)OC2=O)cc1OC(C)=O. The summed E-state index contributed by atoms with van der Waals surface area (Å²) >= 11 is 8.29. The molecule has 0 N–H and O–H groups in total. The van der Waals surface area contributed by atoms with E-state index in [1.165, 1.54) is 32.1 Å². The third-order valence-corrected chi connectivity index (χ3v) is 4.56. The first kappa shape index (κ1) is 21.0. The summed E-state index contributed by atoms with van der Waals surface area (Å²) in [6.07, 6.45) is 1.46. The molecule has 0 aliphatic carbocycles. The second kappa shape index (κ2) is 8.75. The van der Waals surface area contributed by atoms with Crippen LogP contribution in [-0.4, -0.2) is 23.8 Å². The zero-order valence-electron chi connectivity index (χ0n) is 15.2. The van der Waals surface area contributed by atoms with E-state index >= 15 is 0 Å². The molecule has 0 radical (unpaired) electrons. The zero-order valence-corrected chi connectivity index (χ0v) is 18.1. The van der Waals surface area contributed by atoms with E-state index < -0.39 is 17.9 Å². The lowest BCUT2D eigenvalue weighted by Crippen LogP contribution is -2.07. The van der Waals surface area contributed by atoms with Gasteiger partial charge in [0, 0.05) is 17.4 Å². The Balaban J connectivity index is 1.97. The second-order valence-corrected chi connectivity index (χ2v) is 7.51. The number of rotatable bonds is 4. The van der Waals surface area contributed by atoms with Gasteiger partial charge in [0.05, 0.1) is 10.6 Å². The Morgan fingerprint density at radius 2 is 1.76 bits per heavy atom. The van der Waals surface area contributed by atoms with Crippen molar-refractivity contribution in [3.63, 3.8) is 0 Å². The number of ether oxygens (including phenoxy) is 3. The van der Waals surface area contributed by atoms with Gasteiger partial charge in [0.2, 0.25) is 5.90 Å². The first-order chi connectivity index (χ1) is 13.7. The Kier molecular flexibility index (Phi) is 6.33. The number of hydrogen-bond acceptors (Lipinski definition) is 7. The van der Waals surface area contributed by atoms with Gasteiger partial charge in [-0.2, -0.15) is 0 Å². The summed E-state index contributed by atoms with van der Waals surface area (Å²) in [6.45, 7) is 2.45. The molecule has 0 saturated carbocycles. The van der Waals surface area contributed by atoms with Crippen LogP contribution in [-0.2, 0) is 19.1 Å². The predicted octanol–water partition coefficient (Wildman–Crippen LogP) is 4.14. The molecule has 9 heteroatoms. The van der Waals surface area contributed by atoms with E-state index in [2.05, 4.69) is 27.6 Å². The number of esters is 3. The Bertz CT molecular complexity index is 1090. The number of cyclic esters (lactones) is 1. The lowest BCUT2D eigenvalue weighted by molar-refractivity contribution is -0.134. The van der Waals surface area contributed by atoms with Gasteiger partial charge in [-0.3, -0.25) is 9.59 Å². The van der Waals surface area contributed by atoms with Gasteiger partial charge in [0.1, 0.15) is 0 Å². The molecule has 0 unspecified atom stereocenters. The Labute approximate surface area is 184 Å². The molecular weight excluding hydrogens is 513 g/mol. The molecule has 0 fully saturated rings. The number of hydrogen-bond donors (Lipinski definition) is 0. The fourth-order valence-corrected chi connectivity index (χ4v) is 3.12. The number of halogens is 2. The molecule has 1 aliphatic rings. The molecule has 2 aromatic rings. The molecule has 0 aromatic heterocycles. The minimum absolute atomic E-state index is 0.0401. The van der Waals surface area contributed by atoms with Gasteiger partial charge in [-0.1, -0.05) is 17.7 Å². The maximum absolute atomic E-state index is 12.2. The van der Waals surface area contributed by atoms with E-state index in [4.69, 9.17) is 25.8 Å². The number of aliphatic imine (C=N–C) groups is 1. The van der Waals surface area contributed by atoms with Crippen LogP contribution >= 0.6 is 34.2 Å². The minimum atomic E-state index is -0.645. The van der Waals surface area contributed by atoms with Gasteiger partial charge in [0.25, 0.3) is 0 Å². The van der Waals surface area contributed by atoms with Gasteiger partial charge in [-0.25, -0.2) is 9.79 Å². The fourth-order valence-electron chi connectivity index (χ4n) is 2.43. The van der Waals surface area contributed by atoms with Crippen LogP contribution in [0.15, 0.2) is 47.1 Å². The van der Waals surface area contributed by atoms with Crippen molar-refractivity contribution < 1.29 is 28.6 Å². The van der Waals surface area contributed by atoms with Crippen LogP contribution in [0.2, 0.25) is 5.02 Å². The quantitative estimate of drug-likeness (QED) is 0.258. The Morgan fingerprint density at radius 1 is 1.07 bits per heavy atom. The van der Waals surface area contributed by atoms with E-state index in [1.54, 1.807) is 18.2 Å². The standard InChI is InChI=1S/C20H13ClINO6/c1-10(24)27-17-6-3-12(8-18(17)28-11(2)25)7-16-20(26)29-19(23-16)14-9-13(22)4-5-15(14)21/h3-9H,1-2H3/b16-7+. The summed E-state index contributed by atoms with van der Waals surface area (Å²) in [5.74, 6) is -1.57. The van der Waals surface area contributed by atoms with Crippen molar-refractivity contribution in [1.29, 1.82) is 0 Å². The molecule has 1 aliphatic heterocycles. The zero-order chi connectivity index (χ0) is 21.1. The fraction of sp³-hybridized carbons (Fsp3) is 0.100. The molecule has 148 valence electrons. The molecule has 3 rings (SSSR count). The third kappa shape index (κ3) is 5.21. The average Bonchev–Trinajstić information content (AvgIpc) is 2.99. The van der Waals surface area contributed by atoms with Gasteiger partial charge in [0.15, 0.2) is 17.2 Å². The van der Waals surface area contributed by atoms with Crippen LogP contribution in [0.5, 0.6) is 11.5 Å². The van der Waals surface area contributed by atoms with Gasteiger partial charge < -0.3 is 14.2 Å². The molecule has 2 aromatic carbocycles. The molecule has 0 bridgehead atoms. The van der Waals surface area contributed by atoms with Crippen LogP contribution < -0.4 is 9.47 Å². The van der Waals surface area contributed by atoms with E-state index in [0.29, 0.717) is 16.1 Å². The van der Waals surface area contributed by atoms with Crippen molar-refractivity contribution in [3.8, 4) is 11.5 Å². The lowest BCUT2D eigenvalue weighted by Gasteiger charge is -2.09. The summed E-state index contributed by atoms with van der Waals surface area (Å²) in [5, 5.41) is 0.404. The molecular formula is C20H13ClINO6. The largest absolute Gasteiger partial charge is 0.423 e. The van der Waals surface area contributed by atoms with Crippen LogP contribution in [0.1, 0.15) is 25.0 Å². The highest BCUT2D eigenvalue weighted by atomic mass is 127. The van der Waals surface area contributed by atoms with Crippen molar-refractivity contribution >= 4 is 64.1 Å². The molecule has 29 heavy (non-hydrogen) atoms. The number of nitrogens with zero attached hydrogens (tertiary/aromatic N) is 1. The molecule has 0 spiro atoms. The summed E-state index contributed by atoms with van der Waals surface area (Å²) in [7, 11) is 0. The van der Waals surface area contributed by atoms with Crippen molar-refractivity contribution in [2.24, 2.45) is 4.99 Å². The monoisotopic (exact) mass is 525 g/mol. The van der Waals surface area contributed by atoms with Crippen LogP contribution in [0, 0.1) is 3.57 Å². The van der Waals surface area contributed by atoms with Gasteiger partial charge in [-0.05, 0) is 64.6 Å².